The first-order valence-corrected chi connectivity index (χ1v) is 9.86. The van der Waals surface area contributed by atoms with Crippen LogP contribution in [0.15, 0.2) is 35.2 Å². The zero-order valence-corrected chi connectivity index (χ0v) is 14.4. The molecule has 0 saturated heterocycles. The molecule has 0 fully saturated rings. The predicted molar refractivity (Wildman–Crippen MR) is 87.2 cm³/mol. The van der Waals surface area contributed by atoms with Crippen molar-refractivity contribution in [2.75, 3.05) is 15.7 Å². The maximum atomic E-state index is 12.3. The van der Waals surface area contributed by atoms with Crippen LogP contribution in [0.4, 0.5) is 11.6 Å². The van der Waals surface area contributed by atoms with Crippen LogP contribution in [0, 0.1) is 13.8 Å². The van der Waals surface area contributed by atoms with Gasteiger partial charge >= 0.3 is 0 Å². The fraction of sp³-hybridized carbons (Fsp3) is 0.231. The van der Waals surface area contributed by atoms with Crippen LogP contribution in [-0.2, 0) is 20.0 Å². The molecular weight excluding hydrogens is 340 g/mol. The van der Waals surface area contributed by atoms with Crippen LogP contribution < -0.4 is 9.44 Å². The molecule has 2 aromatic rings. The number of aryl methyl sites for hydroxylation is 2. The van der Waals surface area contributed by atoms with Gasteiger partial charge in [-0.25, -0.2) is 31.5 Å². The van der Waals surface area contributed by atoms with Gasteiger partial charge in [0.2, 0.25) is 16.0 Å². The lowest BCUT2D eigenvalue weighted by Gasteiger charge is -2.09. The number of nitrogens with zero attached hydrogens (tertiary/aromatic N) is 2. The van der Waals surface area contributed by atoms with E-state index < -0.39 is 20.0 Å². The number of nitrogens with one attached hydrogen (secondary N) is 2. The predicted octanol–water partition coefficient (Wildman–Crippen LogP) is 1.27. The van der Waals surface area contributed by atoms with Gasteiger partial charge in [-0.05, 0) is 44.2 Å². The van der Waals surface area contributed by atoms with E-state index in [9.17, 15) is 16.8 Å². The topological polar surface area (TPSA) is 118 Å². The van der Waals surface area contributed by atoms with Crippen molar-refractivity contribution in [3.8, 4) is 0 Å². The summed E-state index contributed by atoms with van der Waals surface area (Å²) in [5, 5.41) is 0. The Balaban J connectivity index is 2.25. The van der Waals surface area contributed by atoms with E-state index in [0.29, 0.717) is 11.4 Å². The molecule has 0 aliphatic rings. The first-order valence-electron chi connectivity index (χ1n) is 6.48. The smallest absolute Gasteiger partial charge is 0.264 e. The molecule has 0 aliphatic carbocycles. The maximum absolute atomic E-state index is 12.3. The minimum atomic E-state index is -3.86. The molecule has 2 rings (SSSR count). The molecule has 1 heterocycles. The highest BCUT2D eigenvalue weighted by Gasteiger charge is 2.16. The summed E-state index contributed by atoms with van der Waals surface area (Å²) in [6, 6.07) is 7.02. The molecule has 1 aromatic carbocycles. The Hall–Kier alpha value is -2.20. The molecule has 0 unspecified atom stereocenters. The third-order valence-electron chi connectivity index (χ3n) is 2.68. The maximum Gasteiger partial charge on any atom is 0.264 e. The van der Waals surface area contributed by atoms with E-state index >= 15 is 0 Å². The van der Waals surface area contributed by atoms with Crippen molar-refractivity contribution in [3.63, 3.8) is 0 Å². The Morgan fingerprint density at radius 3 is 1.87 bits per heavy atom. The summed E-state index contributed by atoms with van der Waals surface area (Å²) in [5.41, 5.74) is 1.56. The summed E-state index contributed by atoms with van der Waals surface area (Å²) in [4.78, 5) is 8.01. The normalized spacial score (nSPS) is 12.0. The van der Waals surface area contributed by atoms with Gasteiger partial charge in [0.05, 0.1) is 11.2 Å². The highest BCUT2D eigenvalue weighted by molar-refractivity contribution is 7.92. The van der Waals surface area contributed by atoms with E-state index in [1.54, 1.807) is 19.9 Å². The molecule has 0 aliphatic heterocycles. The molecule has 0 spiro atoms. The molecule has 0 saturated carbocycles. The van der Waals surface area contributed by atoms with Crippen molar-refractivity contribution in [2.24, 2.45) is 0 Å². The zero-order valence-electron chi connectivity index (χ0n) is 12.7. The Bertz CT molecular complexity index is 903. The summed E-state index contributed by atoms with van der Waals surface area (Å²) in [6.07, 6.45) is 1.01. The molecule has 124 valence electrons. The molecule has 2 N–H and O–H groups in total. The summed E-state index contributed by atoms with van der Waals surface area (Å²) in [6.45, 7) is 3.47. The van der Waals surface area contributed by atoms with Gasteiger partial charge in [-0.1, -0.05) is 0 Å². The van der Waals surface area contributed by atoms with E-state index in [1.807, 2.05) is 0 Å². The van der Waals surface area contributed by atoms with Gasteiger partial charge in [-0.2, -0.15) is 0 Å². The second-order valence-electron chi connectivity index (χ2n) is 4.98. The van der Waals surface area contributed by atoms with Gasteiger partial charge in [0.25, 0.3) is 10.0 Å². The number of hydrogen-bond acceptors (Lipinski definition) is 6. The number of sulfonamides is 2. The lowest BCUT2D eigenvalue weighted by Crippen LogP contribution is -2.16. The monoisotopic (exact) mass is 356 g/mol. The highest BCUT2D eigenvalue weighted by Crippen LogP contribution is 2.17. The summed E-state index contributed by atoms with van der Waals surface area (Å²) in [7, 11) is -7.28. The average molecular weight is 356 g/mol. The van der Waals surface area contributed by atoms with E-state index in [-0.39, 0.29) is 16.5 Å². The molecule has 23 heavy (non-hydrogen) atoms. The SMILES string of the molecule is Cc1cc(C)nc(NS(=O)(=O)c2ccc(NS(C)(=O)=O)cc2)n1. The minimum absolute atomic E-state index is 0.0131. The molecular formula is C13H16N4O4S2. The van der Waals surface area contributed by atoms with Crippen molar-refractivity contribution < 1.29 is 16.8 Å². The summed E-state index contributed by atoms with van der Waals surface area (Å²) < 4.78 is 51.4. The van der Waals surface area contributed by atoms with E-state index in [2.05, 4.69) is 19.4 Å². The summed E-state index contributed by atoms with van der Waals surface area (Å²) >= 11 is 0. The van der Waals surface area contributed by atoms with Gasteiger partial charge in [0.1, 0.15) is 0 Å². The Morgan fingerprint density at radius 1 is 0.870 bits per heavy atom. The lowest BCUT2D eigenvalue weighted by atomic mass is 10.3. The van der Waals surface area contributed by atoms with Crippen molar-refractivity contribution >= 4 is 31.7 Å². The van der Waals surface area contributed by atoms with Gasteiger partial charge < -0.3 is 0 Å². The van der Waals surface area contributed by atoms with Crippen LogP contribution in [0.5, 0.6) is 0 Å². The minimum Gasteiger partial charge on any atom is -0.284 e. The number of aromatic nitrogens is 2. The van der Waals surface area contributed by atoms with E-state index in [4.69, 9.17) is 0 Å². The number of rotatable bonds is 5. The molecule has 1 aromatic heterocycles. The van der Waals surface area contributed by atoms with Gasteiger partial charge in [0, 0.05) is 17.1 Å². The van der Waals surface area contributed by atoms with E-state index in [0.717, 1.165) is 6.26 Å². The van der Waals surface area contributed by atoms with Gasteiger partial charge in [0.15, 0.2) is 0 Å². The Morgan fingerprint density at radius 2 is 1.39 bits per heavy atom. The van der Waals surface area contributed by atoms with Crippen molar-refractivity contribution in [1.29, 1.82) is 0 Å². The quantitative estimate of drug-likeness (QED) is 0.833. The Kier molecular flexibility index (Phi) is 4.57. The van der Waals surface area contributed by atoms with Crippen LogP contribution in [0.25, 0.3) is 0 Å². The standard InChI is InChI=1S/C13H16N4O4S2/c1-9-8-10(2)15-13(14-9)17-23(20,21)12-6-4-11(5-7-12)16-22(3,18)19/h4-8,16H,1-3H3,(H,14,15,17). The first-order chi connectivity index (χ1) is 10.5. The van der Waals surface area contributed by atoms with Crippen molar-refractivity contribution in [2.45, 2.75) is 18.7 Å². The molecule has 0 amide bonds. The molecule has 0 radical (unpaired) electrons. The van der Waals surface area contributed by atoms with E-state index in [1.165, 1.54) is 24.3 Å². The fourth-order valence-corrected chi connectivity index (χ4v) is 3.38. The zero-order chi connectivity index (χ0) is 17.3. The number of hydrogen-bond donors (Lipinski definition) is 2. The third kappa shape index (κ3) is 4.89. The van der Waals surface area contributed by atoms with Crippen LogP contribution in [-0.4, -0.2) is 33.1 Å². The molecule has 10 heteroatoms. The van der Waals surface area contributed by atoms with Crippen LogP contribution in [0.2, 0.25) is 0 Å². The van der Waals surface area contributed by atoms with Crippen LogP contribution in [0.1, 0.15) is 11.4 Å². The summed E-state index contributed by atoms with van der Waals surface area (Å²) in [5.74, 6) is -0.0131. The first kappa shape index (κ1) is 17.2. The van der Waals surface area contributed by atoms with Crippen LogP contribution in [0.3, 0.4) is 0 Å². The van der Waals surface area contributed by atoms with Crippen molar-refractivity contribution in [3.05, 3.63) is 41.7 Å². The second-order valence-corrected chi connectivity index (χ2v) is 8.41. The Labute approximate surface area is 135 Å². The molecule has 0 atom stereocenters. The van der Waals surface area contributed by atoms with Gasteiger partial charge in [-0.3, -0.25) is 4.72 Å². The highest BCUT2D eigenvalue weighted by atomic mass is 32.2. The molecule has 0 bridgehead atoms. The van der Waals surface area contributed by atoms with Gasteiger partial charge in [-0.15, -0.1) is 0 Å². The third-order valence-corrected chi connectivity index (χ3v) is 4.63. The van der Waals surface area contributed by atoms with Crippen LogP contribution >= 0.6 is 0 Å². The fourth-order valence-electron chi connectivity index (χ4n) is 1.87. The van der Waals surface area contributed by atoms with Crippen molar-refractivity contribution in [1.82, 2.24) is 9.97 Å². The molecule has 8 nitrogen and oxygen atoms in total. The number of anilines is 2. The average Bonchev–Trinajstić information content (AvgIpc) is 2.35. The largest absolute Gasteiger partial charge is 0.284 e. The lowest BCUT2D eigenvalue weighted by molar-refractivity contribution is 0.600. The number of benzene rings is 1. The second kappa shape index (κ2) is 6.13.